The Kier molecular flexibility index (Phi) is 6.25. The number of benzene rings is 4. The van der Waals surface area contributed by atoms with Crippen LogP contribution >= 0.6 is 0 Å². The van der Waals surface area contributed by atoms with E-state index in [9.17, 15) is 9.59 Å². The Morgan fingerprint density at radius 3 is 2.66 bits per heavy atom. The SMILES string of the molecule is O=C(CNc1cccc2ccccc12)N/N=C\c1ccccc1OC(=O)c1ccc2c(c1)OCO2. The normalized spacial score (nSPS) is 12.0. The molecule has 0 unspecified atom stereocenters. The molecule has 1 aliphatic rings. The van der Waals surface area contributed by atoms with Gasteiger partial charge in [0.15, 0.2) is 11.5 Å². The number of hydrogen-bond acceptors (Lipinski definition) is 7. The number of carbonyl (C=O) groups is 2. The number of fused-ring (bicyclic) bond motifs is 2. The van der Waals surface area contributed by atoms with Gasteiger partial charge in [-0.25, -0.2) is 10.2 Å². The molecule has 0 radical (unpaired) electrons. The summed E-state index contributed by atoms with van der Waals surface area (Å²) in [7, 11) is 0. The van der Waals surface area contributed by atoms with Crippen molar-refractivity contribution in [3.05, 3.63) is 96.1 Å². The first-order valence-electron chi connectivity index (χ1n) is 10.9. The number of hydrogen-bond donors (Lipinski definition) is 2. The van der Waals surface area contributed by atoms with E-state index in [0.29, 0.717) is 28.4 Å². The van der Waals surface area contributed by atoms with Crippen LogP contribution in [0.25, 0.3) is 10.8 Å². The van der Waals surface area contributed by atoms with E-state index in [1.807, 2.05) is 42.5 Å². The van der Waals surface area contributed by atoms with Crippen LogP contribution < -0.4 is 25.0 Å². The molecule has 1 heterocycles. The number of ether oxygens (including phenoxy) is 3. The highest BCUT2D eigenvalue weighted by molar-refractivity contribution is 5.96. The molecule has 4 aromatic rings. The fourth-order valence-corrected chi connectivity index (χ4v) is 3.63. The van der Waals surface area contributed by atoms with Gasteiger partial charge in [-0.05, 0) is 41.8 Å². The second-order valence-electron chi connectivity index (χ2n) is 7.67. The molecular weight excluding hydrogens is 446 g/mol. The number of para-hydroxylation sites is 1. The molecule has 0 spiro atoms. The lowest BCUT2D eigenvalue weighted by molar-refractivity contribution is -0.119. The van der Waals surface area contributed by atoms with E-state index in [1.54, 1.807) is 42.5 Å². The maximum atomic E-state index is 12.6. The first-order valence-corrected chi connectivity index (χ1v) is 10.9. The number of amides is 1. The largest absolute Gasteiger partial charge is 0.454 e. The minimum atomic E-state index is -0.549. The maximum Gasteiger partial charge on any atom is 0.343 e. The summed E-state index contributed by atoms with van der Waals surface area (Å²) in [4.78, 5) is 24.9. The summed E-state index contributed by atoms with van der Waals surface area (Å²) in [6, 6.07) is 25.5. The second-order valence-corrected chi connectivity index (χ2v) is 7.67. The molecule has 0 saturated carbocycles. The number of anilines is 1. The van der Waals surface area contributed by atoms with Crippen molar-refractivity contribution in [2.45, 2.75) is 0 Å². The summed E-state index contributed by atoms with van der Waals surface area (Å²) < 4.78 is 16.1. The van der Waals surface area contributed by atoms with Gasteiger partial charge in [-0.1, -0.05) is 48.5 Å². The van der Waals surface area contributed by atoms with E-state index < -0.39 is 5.97 Å². The van der Waals surface area contributed by atoms with E-state index in [4.69, 9.17) is 14.2 Å². The van der Waals surface area contributed by atoms with Gasteiger partial charge < -0.3 is 19.5 Å². The smallest absolute Gasteiger partial charge is 0.343 e. The number of nitrogens with zero attached hydrogens (tertiary/aromatic N) is 1. The van der Waals surface area contributed by atoms with Crippen LogP contribution in [-0.4, -0.2) is 31.4 Å². The van der Waals surface area contributed by atoms with Crippen molar-refractivity contribution in [2.75, 3.05) is 18.7 Å². The van der Waals surface area contributed by atoms with Gasteiger partial charge in [-0.3, -0.25) is 4.79 Å². The van der Waals surface area contributed by atoms with Crippen LogP contribution in [0, 0.1) is 0 Å². The highest BCUT2D eigenvalue weighted by Gasteiger charge is 2.18. The molecule has 5 rings (SSSR count). The van der Waals surface area contributed by atoms with Crippen LogP contribution in [0.5, 0.6) is 17.2 Å². The monoisotopic (exact) mass is 467 g/mol. The average molecular weight is 467 g/mol. The minimum Gasteiger partial charge on any atom is -0.454 e. The van der Waals surface area contributed by atoms with Crippen molar-refractivity contribution in [3.63, 3.8) is 0 Å². The van der Waals surface area contributed by atoms with Crippen molar-refractivity contribution in [1.82, 2.24) is 5.43 Å². The van der Waals surface area contributed by atoms with Gasteiger partial charge in [0.2, 0.25) is 6.79 Å². The van der Waals surface area contributed by atoms with E-state index in [-0.39, 0.29) is 19.2 Å². The molecule has 0 aliphatic carbocycles. The van der Waals surface area contributed by atoms with E-state index >= 15 is 0 Å². The Hall–Kier alpha value is -4.85. The van der Waals surface area contributed by atoms with Crippen molar-refractivity contribution >= 4 is 34.6 Å². The standard InChI is InChI=1S/C27H21N3O5/c31-26(16-28-22-10-5-8-18-6-1-3-9-21(18)22)30-29-15-20-7-2-4-11-23(20)35-27(32)19-12-13-24-25(14-19)34-17-33-24/h1-15,28H,16-17H2,(H,30,31)/b29-15-. The molecule has 0 aromatic heterocycles. The Morgan fingerprint density at radius 2 is 1.71 bits per heavy atom. The first-order chi connectivity index (χ1) is 17.2. The van der Waals surface area contributed by atoms with E-state index in [1.165, 1.54) is 6.21 Å². The van der Waals surface area contributed by atoms with Gasteiger partial charge in [-0.15, -0.1) is 0 Å². The Balaban J connectivity index is 1.20. The lowest BCUT2D eigenvalue weighted by Crippen LogP contribution is -2.26. The zero-order valence-electron chi connectivity index (χ0n) is 18.6. The van der Waals surface area contributed by atoms with Crippen LogP contribution in [0.4, 0.5) is 5.69 Å². The Labute approximate surface area is 201 Å². The summed E-state index contributed by atoms with van der Waals surface area (Å²) in [6.07, 6.45) is 1.43. The summed E-state index contributed by atoms with van der Waals surface area (Å²) in [5.74, 6) is 0.521. The lowest BCUT2D eigenvalue weighted by atomic mass is 10.1. The third-order valence-electron chi connectivity index (χ3n) is 5.35. The molecule has 174 valence electrons. The zero-order valence-corrected chi connectivity index (χ0v) is 18.6. The molecule has 8 heteroatoms. The van der Waals surface area contributed by atoms with Gasteiger partial charge >= 0.3 is 5.97 Å². The van der Waals surface area contributed by atoms with Crippen LogP contribution in [0.15, 0.2) is 90.0 Å². The highest BCUT2D eigenvalue weighted by Crippen LogP contribution is 2.33. The fraction of sp³-hybridized carbons (Fsp3) is 0.0741. The first kappa shape index (κ1) is 22.0. The zero-order chi connectivity index (χ0) is 24.0. The Morgan fingerprint density at radius 1 is 0.914 bits per heavy atom. The molecular formula is C27H21N3O5. The summed E-state index contributed by atoms with van der Waals surface area (Å²) in [6.45, 7) is 0.169. The topological polar surface area (TPSA) is 98.2 Å². The second kappa shape index (κ2) is 9.96. The molecule has 0 saturated heterocycles. The minimum absolute atomic E-state index is 0.0477. The van der Waals surface area contributed by atoms with E-state index in [0.717, 1.165) is 16.5 Å². The van der Waals surface area contributed by atoms with Gasteiger partial charge in [0.1, 0.15) is 5.75 Å². The molecule has 35 heavy (non-hydrogen) atoms. The van der Waals surface area contributed by atoms with E-state index in [2.05, 4.69) is 15.8 Å². The highest BCUT2D eigenvalue weighted by atomic mass is 16.7. The number of esters is 1. The molecule has 0 atom stereocenters. The van der Waals surface area contributed by atoms with Crippen LogP contribution in [0.1, 0.15) is 15.9 Å². The molecule has 0 bridgehead atoms. The van der Waals surface area contributed by atoms with Gasteiger partial charge in [0.05, 0.1) is 18.3 Å². The molecule has 2 N–H and O–H groups in total. The van der Waals surface area contributed by atoms with Gasteiger partial charge in [0.25, 0.3) is 5.91 Å². The predicted molar refractivity (Wildman–Crippen MR) is 132 cm³/mol. The number of rotatable bonds is 7. The summed E-state index contributed by atoms with van der Waals surface area (Å²) >= 11 is 0. The van der Waals surface area contributed by atoms with Gasteiger partial charge in [0, 0.05) is 16.6 Å². The molecule has 0 fully saturated rings. The molecule has 4 aromatic carbocycles. The summed E-state index contributed by atoms with van der Waals surface area (Å²) in [5.41, 5.74) is 4.21. The van der Waals surface area contributed by atoms with Crippen LogP contribution in [-0.2, 0) is 4.79 Å². The molecule has 1 amide bonds. The van der Waals surface area contributed by atoms with Crippen LogP contribution in [0.2, 0.25) is 0 Å². The third kappa shape index (κ3) is 5.06. The quantitative estimate of drug-likeness (QED) is 0.182. The maximum absolute atomic E-state index is 12.6. The average Bonchev–Trinajstić information content (AvgIpc) is 3.36. The molecule has 1 aliphatic heterocycles. The predicted octanol–water partition coefficient (Wildman–Crippen LogP) is 4.35. The van der Waals surface area contributed by atoms with Crippen molar-refractivity contribution in [1.29, 1.82) is 0 Å². The lowest BCUT2D eigenvalue weighted by Gasteiger charge is -2.09. The van der Waals surface area contributed by atoms with Crippen molar-refractivity contribution in [2.24, 2.45) is 5.10 Å². The summed E-state index contributed by atoms with van der Waals surface area (Å²) in [5, 5.41) is 9.26. The van der Waals surface area contributed by atoms with Crippen molar-refractivity contribution in [3.8, 4) is 17.2 Å². The van der Waals surface area contributed by atoms with Crippen LogP contribution in [0.3, 0.4) is 0 Å². The molecule has 8 nitrogen and oxygen atoms in total. The number of carbonyl (C=O) groups excluding carboxylic acids is 2. The number of hydrazone groups is 1. The third-order valence-corrected chi connectivity index (χ3v) is 5.35. The Bertz CT molecular complexity index is 1430. The van der Waals surface area contributed by atoms with Crippen molar-refractivity contribution < 1.29 is 23.8 Å². The fourth-order valence-electron chi connectivity index (χ4n) is 3.63. The number of nitrogens with one attached hydrogen (secondary N) is 2. The van der Waals surface area contributed by atoms with Gasteiger partial charge in [-0.2, -0.15) is 5.10 Å².